The van der Waals surface area contributed by atoms with Crippen molar-refractivity contribution in [2.75, 3.05) is 0 Å². The van der Waals surface area contributed by atoms with Crippen LogP contribution in [-0.4, -0.2) is 9.13 Å². The normalized spacial score (nSPS) is 9.50. The van der Waals surface area contributed by atoms with E-state index >= 15 is 0 Å². The number of rotatable bonds is 1. The predicted molar refractivity (Wildman–Crippen MR) is 51.4 cm³/mol. The molecule has 0 saturated heterocycles. The van der Waals surface area contributed by atoms with Crippen LogP contribution in [0.15, 0.2) is 17.2 Å². The highest BCUT2D eigenvalue weighted by atomic mass is 16.1. The SMILES string of the molecule is CC.CC(C)n1ccn(C)c1=O. The first-order chi connectivity index (χ1) is 5.63. The van der Waals surface area contributed by atoms with E-state index in [1.165, 1.54) is 0 Å². The van der Waals surface area contributed by atoms with Gasteiger partial charge in [0.2, 0.25) is 0 Å². The maximum absolute atomic E-state index is 11.1. The van der Waals surface area contributed by atoms with Crippen molar-refractivity contribution in [3.05, 3.63) is 22.9 Å². The standard InChI is InChI=1S/C7H12N2O.C2H6/c1-6(2)9-5-4-8(3)7(9)10;1-2/h4-6H,1-3H3;1-2H3. The Morgan fingerprint density at radius 2 is 1.75 bits per heavy atom. The average molecular weight is 170 g/mol. The molecular formula is C9H18N2O. The Morgan fingerprint density at radius 3 is 1.92 bits per heavy atom. The Kier molecular flexibility index (Phi) is 4.40. The number of aryl methyl sites for hydroxylation is 1. The molecule has 3 heteroatoms. The van der Waals surface area contributed by atoms with Gasteiger partial charge >= 0.3 is 5.69 Å². The van der Waals surface area contributed by atoms with E-state index in [0.29, 0.717) is 0 Å². The zero-order valence-corrected chi connectivity index (χ0v) is 8.53. The summed E-state index contributed by atoms with van der Waals surface area (Å²) in [5, 5.41) is 0. The first kappa shape index (κ1) is 11.0. The zero-order chi connectivity index (χ0) is 9.72. The fraction of sp³-hybridized carbons (Fsp3) is 0.667. The molecule has 1 heterocycles. The second-order valence-electron chi connectivity index (χ2n) is 2.69. The number of imidazole rings is 1. The van der Waals surface area contributed by atoms with E-state index in [9.17, 15) is 4.79 Å². The maximum atomic E-state index is 11.1. The van der Waals surface area contributed by atoms with E-state index in [2.05, 4.69) is 0 Å². The fourth-order valence-electron chi connectivity index (χ4n) is 0.874. The lowest BCUT2D eigenvalue weighted by Crippen LogP contribution is -2.23. The highest BCUT2D eigenvalue weighted by Gasteiger charge is 2.01. The van der Waals surface area contributed by atoms with Crippen LogP contribution in [0.5, 0.6) is 0 Å². The van der Waals surface area contributed by atoms with Crippen molar-refractivity contribution < 1.29 is 0 Å². The Bertz CT molecular complexity index is 270. The minimum absolute atomic E-state index is 0.0509. The summed E-state index contributed by atoms with van der Waals surface area (Å²) < 4.78 is 3.26. The first-order valence-corrected chi connectivity index (χ1v) is 4.36. The van der Waals surface area contributed by atoms with Crippen molar-refractivity contribution >= 4 is 0 Å². The third-order valence-electron chi connectivity index (χ3n) is 1.53. The van der Waals surface area contributed by atoms with Gasteiger partial charge in [-0.05, 0) is 13.8 Å². The molecule has 0 radical (unpaired) electrons. The molecule has 0 N–H and O–H groups in total. The third-order valence-corrected chi connectivity index (χ3v) is 1.53. The van der Waals surface area contributed by atoms with E-state index in [4.69, 9.17) is 0 Å². The number of hydrogen-bond acceptors (Lipinski definition) is 1. The van der Waals surface area contributed by atoms with Crippen molar-refractivity contribution in [3.63, 3.8) is 0 Å². The van der Waals surface area contributed by atoms with Crippen LogP contribution in [-0.2, 0) is 7.05 Å². The molecule has 1 aromatic rings. The van der Waals surface area contributed by atoms with Crippen molar-refractivity contribution in [3.8, 4) is 0 Å². The van der Waals surface area contributed by atoms with Crippen LogP contribution in [0.3, 0.4) is 0 Å². The number of aromatic nitrogens is 2. The Hall–Kier alpha value is -0.990. The topological polar surface area (TPSA) is 26.9 Å². The van der Waals surface area contributed by atoms with E-state index < -0.39 is 0 Å². The van der Waals surface area contributed by atoms with Crippen LogP contribution in [0.1, 0.15) is 33.7 Å². The van der Waals surface area contributed by atoms with Gasteiger partial charge < -0.3 is 4.57 Å². The van der Waals surface area contributed by atoms with Gasteiger partial charge in [0.25, 0.3) is 0 Å². The van der Waals surface area contributed by atoms with Crippen LogP contribution in [0, 0.1) is 0 Å². The number of hydrogen-bond donors (Lipinski definition) is 0. The molecule has 0 fully saturated rings. The van der Waals surface area contributed by atoms with E-state index in [-0.39, 0.29) is 11.7 Å². The molecule has 12 heavy (non-hydrogen) atoms. The first-order valence-electron chi connectivity index (χ1n) is 4.36. The predicted octanol–water partition coefficient (Wildman–Crippen LogP) is 1.79. The fourth-order valence-corrected chi connectivity index (χ4v) is 0.874. The molecule has 0 atom stereocenters. The average Bonchev–Trinajstić information content (AvgIpc) is 2.37. The summed E-state index contributed by atoms with van der Waals surface area (Å²) in [7, 11) is 1.75. The van der Waals surface area contributed by atoms with Gasteiger partial charge in [-0.3, -0.25) is 4.57 Å². The molecule has 0 spiro atoms. The summed E-state index contributed by atoms with van der Waals surface area (Å²) in [5.41, 5.74) is 0.0509. The van der Waals surface area contributed by atoms with Crippen LogP contribution < -0.4 is 5.69 Å². The van der Waals surface area contributed by atoms with Crippen molar-refractivity contribution in [2.24, 2.45) is 7.05 Å². The largest absolute Gasteiger partial charge is 0.328 e. The van der Waals surface area contributed by atoms with Crippen LogP contribution >= 0.6 is 0 Å². The van der Waals surface area contributed by atoms with E-state index in [0.717, 1.165) is 0 Å². The maximum Gasteiger partial charge on any atom is 0.328 e. The summed E-state index contributed by atoms with van der Waals surface area (Å²) in [6, 6.07) is 0.258. The molecule has 70 valence electrons. The zero-order valence-electron chi connectivity index (χ0n) is 8.53. The molecule has 0 bridgehead atoms. The second kappa shape index (κ2) is 4.80. The highest BCUT2D eigenvalue weighted by molar-refractivity contribution is 4.81. The second-order valence-corrected chi connectivity index (χ2v) is 2.69. The van der Waals surface area contributed by atoms with Gasteiger partial charge in [-0.2, -0.15) is 0 Å². The monoisotopic (exact) mass is 170 g/mol. The minimum atomic E-state index is 0.0509. The summed E-state index contributed by atoms with van der Waals surface area (Å²) >= 11 is 0. The molecule has 1 rings (SSSR count). The Balaban J connectivity index is 0.000000561. The lowest BCUT2D eigenvalue weighted by molar-refractivity contribution is 0.567. The summed E-state index contributed by atoms with van der Waals surface area (Å²) in [5.74, 6) is 0. The van der Waals surface area contributed by atoms with Gasteiger partial charge in [0.05, 0.1) is 0 Å². The van der Waals surface area contributed by atoms with Crippen LogP contribution in [0.25, 0.3) is 0 Å². The summed E-state index contributed by atoms with van der Waals surface area (Å²) in [6.45, 7) is 7.98. The smallest absolute Gasteiger partial charge is 0.302 e. The summed E-state index contributed by atoms with van der Waals surface area (Å²) in [6.07, 6.45) is 3.56. The van der Waals surface area contributed by atoms with Gasteiger partial charge in [0, 0.05) is 25.5 Å². The third kappa shape index (κ3) is 2.26. The van der Waals surface area contributed by atoms with Crippen molar-refractivity contribution in [1.82, 2.24) is 9.13 Å². The molecule has 0 aliphatic heterocycles. The van der Waals surface area contributed by atoms with Crippen molar-refractivity contribution in [2.45, 2.75) is 33.7 Å². The highest BCUT2D eigenvalue weighted by Crippen LogP contribution is 1.97. The van der Waals surface area contributed by atoms with Gasteiger partial charge in [-0.15, -0.1) is 0 Å². The molecule has 0 aliphatic carbocycles. The van der Waals surface area contributed by atoms with Gasteiger partial charge in [0.15, 0.2) is 0 Å². The summed E-state index contributed by atoms with van der Waals surface area (Å²) in [4.78, 5) is 11.1. The molecule has 0 aliphatic rings. The Labute approximate surface area is 73.6 Å². The lowest BCUT2D eigenvalue weighted by Gasteiger charge is -2.02. The van der Waals surface area contributed by atoms with E-state index in [1.54, 1.807) is 28.6 Å². The van der Waals surface area contributed by atoms with E-state index in [1.807, 2.05) is 27.7 Å². The van der Waals surface area contributed by atoms with Crippen molar-refractivity contribution in [1.29, 1.82) is 0 Å². The molecule has 1 aromatic heterocycles. The minimum Gasteiger partial charge on any atom is -0.302 e. The van der Waals surface area contributed by atoms with Crippen LogP contribution in [0.2, 0.25) is 0 Å². The quantitative estimate of drug-likeness (QED) is 0.631. The van der Waals surface area contributed by atoms with Gasteiger partial charge in [-0.1, -0.05) is 13.8 Å². The molecule has 0 aromatic carbocycles. The van der Waals surface area contributed by atoms with Gasteiger partial charge in [0.1, 0.15) is 0 Å². The van der Waals surface area contributed by atoms with Crippen LogP contribution in [0.4, 0.5) is 0 Å². The number of nitrogens with zero attached hydrogens (tertiary/aromatic N) is 2. The molecule has 3 nitrogen and oxygen atoms in total. The molecule has 0 saturated carbocycles. The lowest BCUT2D eigenvalue weighted by atomic mass is 10.4. The molecular weight excluding hydrogens is 152 g/mol. The molecule has 0 unspecified atom stereocenters. The molecule has 0 amide bonds. The van der Waals surface area contributed by atoms with Gasteiger partial charge in [-0.25, -0.2) is 4.79 Å². The Morgan fingerprint density at radius 1 is 1.25 bits per heavy atom.